The topological polar surface area (TPSA) is 75.4 Å². The Balaban J connectivity index is 2.95. The summed E-state index contributed by atoms with van der Waals surface area (Å²) in [5, 5.41) is 0. The molecule has 0 aromatic heterocycles. The molecule has 17 heavy (non-hydrogen) atoms. The second-order valence-electron chi connectivity index (χ2n) is 3.66. The number of hydrogen-bond acceptors (Lipinski definition) is 3. The van der Waals surface area contributed by atoms with Gasteiger partial charge in [-0.15, -0.1) is 0 Å². The van der Waals surface area contributed by atoms with Gasteiger partial charge < -0.3 is 5.73 Å². The second kappa shape index (κ2) is 5.88. The van der Waals surface area contributed by atoms with Crippen LogP contribution in [-0.4, -0.2) is 21.5 Å². The lowest BCUT2D eigenvalue weighted by Gasteiger charge is -2.23. The number of hydrogen-bond donors (Lipinski definition) is 2. The summed E-state index contributed by atoms with van der Waals surface area (Å²) in [5.41, 5.74) is 6.80. The van der Waals surface area contributed by atoms with Gasteiger partial charge in [-0.2, -0.15) is 13.1 Å². The van der Waals surface area contributed by atoms with Crippen molar-refractivity contribution in [1.29, 1.82) is 0 Å². The second-order valence-corrected chi connectivity index (χ2v) is 5.34. The molecule has 0 fully saturated rings. The predicted octanol–water partition coefficient (Wildman–Crippen LogP) is 1.34. The van der Waals surface area contributed by atoms with E-state index in [2.05, 4.69) is 4.72 Å². The van der Waals surface area contributed by atoms with Crippen LogP contribution in [0.2, 0.25) is 0 Å². The first-order valence-corrected chi connectivity index (χ1v) is 7.08. The molecule has 1 aromatic rings. The first-order valence-electron chi connectivity index (χ1n) is 5.64. The molecule has 0 bridgehead atoms. The number of nitrogens with two attached hydrogens (primary N) is 1. The minimum Gasteiger partial charge on any atom is -0.399 e. The van der Waals surface area contributed by atoms with Gasteiger partial charge in [0.05, 0.1) is 5.69 Å². The summed E-state index contributed by atoms with van der Waals surface area (Å²) in [4.78, 5) is 0. The van der Waals surface area contributed by atoms with Crippen LogP contribution in [0.15, 0.2) is 24.3 Å². The van der Waals surface area contributed by atoms with Crippen molar-refractivity contribution in [2.24, 2.45) is 0 Å². The molecule has 0 heterocycles. The van der Waals surface area contributed by atoms with Crippen LogP contribution in [0.5, 0.6) is 0 Å². The van der Waals surface area contributed by atoms with Crippen molar-refractivity contribution in [2.75, 3.05) is 23.1 Å². The Hall–Kier alpha value is -1.27. The van der Waals surface area contributed by atoms with Crippen LogP contribution in [-0.2, 0) is 10.2 Å². The van der Waals surface area contributed by atoms with Crippen LogP contribution in [0.1, 0.15) is 20.3 Å². The molecule has 0 saturated carbocycles. The van der Waals surface area contributed by atoms with E-state index in [0.29, 0.717) is 24.5 Å². The van der Waals surface area contributed by atoms with Gasteiger partial charge in [0.1, 0.15) is 0 Å². The molecule has 0 spiro atoms. The summed E-state index contributed by atoms with van der Waals surface area (Å²) in [6.07, 6.45) is 0.762. The standard InChI is InChI=1S/C11H19N3O2S/c1-3-9-13-17(15,16)14(4-2)11-7-5-10(12)6-8-11/h5-8,13H,3-4,9,12H2,1-2H3. The van der Waals surface area contributed by atoms with Crippen LogP contribution >= 0.6 is 0 Å². The number of benzene rings is 1. The molecule has 0 atom stereocenters. The third kappa shape index (κ3) is 3.61. The highest BCUT2D eigenvalue weighted by Gasteiger charge is 2.19. The molecule has 96 valence electrons. The maximum atomic E-state index is 12.0. The van der Waals surface area contributed by atoms with Crippen molar-refractivity contribution in [3.63, 3.8) is 0 Å². The van der Waals surface area contributed by atoms with E-state index in [1.807, 2.05) is 6.92 Å². The summed E-state index contributed by atoms with van der Waals surface area (Å²) in [6.45, 7) is 4.53. The molecule has 6 heteroatoms. The number of nitrogen functional groups attached to an aromatic ring is 1. The van der Waals surface area contributed by atoms with Crippen molar-refractivity contribution in [3.8, 4) is 0 Å². The number of nitrogens with one attached hydrogen (secondary N) is 1. The fourth-order valence-corrected chi connectivity index (χ4v) is 2.80. The maximum Gasteiger partial charge on any atom is 0.301 e. The van der Waals surface area contributed by atoms with Crippen LogP contribution in [0.25, 0.3) is 0 Å². The Kier molecular flexibility index (Phi) is 4.77. The first-order chi connectivity index (χ1) is 8.01. The number of anilines is 2. The largest absolute Gasteiger partial charge is 0.399 e. The number of nitrogens with zero attached hydrogens (tertiary/aromatic N) is 1. The Morgan fingerprint density at radius 1 is 1.24 bits per heavy atom. The van der Waals surface area contributed by atoms with Gasteiger partial charge in [-0.1, -0.05) is 6.92 Å². The zero-order chi connectivity index (χ0) is 12.9. The van der Waals surface area contributed by atoms with E-state index in [4.69, 9.17) is 5.73 Å². The lowest BCUT2D eigenvalue weighted by molar-refractivity contribution is 0.576. The van der Waals surface area contributed by atoms with Crippen molar-refractivity contribution >= 4 is 21.6 Å². The van der Waals surface area contributed by atoms with Gasteiger partial charge >= 0.3 is 10.2 Å². The zero-order valence-electron chi connectivity index (χ0n) is 10.2. The maximum absolute atomic E-state index is 12.0. The van der Waals surface area contributed by atoms with Crippen LogP contribution < -0.4 is 14.8 Å². The zero-order valence-corrected chi connectivity index (χ0v) is 11.0. The van der Waals surface area contributed by atoms with E-state index in [1.54, 1.807) is 31.2 Å². The highest BCUT2D eigenvalue weighted by Crippen LogP contribution is 2.18. The van der Waals surface area contributed by atoms with Crippen molar-refractivity contribution < 1.29 is 8.42 Å². The van der Waals surface area contributed by atoms with Gasteiger partial charge in [-0.05, 0) is 37.6 Å². The lowest BCUT2D eigenvalue weighted by Crippen LogP contribution is -2.41. The molecular formula is C11H19N3O2S. The van der Waals surface area contributed by atoms with Crippen molar-refractivity contribution in [2.45, 2.75) is 20.3 Å². The van der Waals surface area contributed by atoms with Gasteiger partial charge in [-0.3, -0.25) is 4.31 Å². The van der Waals surface area contributed by atoms with Gasteiger partial charge in [0.25, 0.3) is 0 Å². The van der Waals surface area contributed by atoms with Crippen molar-refractivity contribution in [1.82, 2.24) is 4.72 Å². The summed E-state index contributed by atoms with van der Waals surface area (Å²) < 4.78 is 27.8. The van der Waals surface area contributed by atoms with Gasteiger partial charge in [0, 0.05) is 18.8 Å². The minimum atomic E-state index is -3.46. The molecule has 5 nitrogen and oxygen atoms in total. The molecule has 1 rings (SSSR count). The van der Waals surface area contributed by atoms with E-state index in [-0.39, 0.29) is 0 Å². The number of rotatable bonds is 6. The molecular weight excluding hydrogens is 238 g/mol. The van der Waals surface area contributed by atoms with Gasteiger partial charge in [0.15, 0.2) is 0 Å². The monoisotopic (exact) mass is 257 g/mol. The van der Waals surface area contributed by atoms with E-state index in [9.17, 15) is 8.42 Å². The van der Waals surface area contributed by atoms with E-state index >= 15 is 0 Å². The predicted molar refractivity (Wildman–Crippen MR) is 71.1 cm³/mol. The first kappa shape index (κ1) is 13.8. The fourth-order valence-electron chi connectivity index (χ4n) is 1.44. The van der Waals surface area contributed by atoms with Crippen LogP contribution in [0.3, 0.4) is 0 Å². The Labute approximate surface area is 103 Å². The summed E-state index contributed by atoms with van der Waals surface area (Å²) >= 11 is 0. The summed E-state index contributed by atoms with van der Waals surface area (Å²) in [7, 11) is -3.46. The quantitative estimate of drug-likeness (QED) is 0.755. The van der Waals surface area contributed by atoms with E-state index < -0.39 is 10.2 Å². The van der Waals surface area contributed by atoms with E-state index in [0.717, 1.165) is 6.42 Å². The van der Waals surface area contributed by atoms with Crippen molar-refractivity contribution in [3.05, 3.63) is 24.3 Å². The molecule has 0 aliphatic heterocycles. The SMILES string of the molecule is CCCNS(=O)(=O)N(CC)c1ccc(N)cc1. The average Bonchev–Trinajstić information content (AvgIpc) is 2.30. The molecule has 0 aliphatic carbocycles. The molecule has 0 saturated heterocycles. The van der Waals surface area contributed by atoms with E-state index in [1.165, 1.54) is 4.31 Å². The fraction of sp³-hybridized carbons (Fsp3) is 0.455. The normalized spacial score (nSPS) is 11.4. The third-order valence-electron chi connectivity index (χ3n) is 2.29. The molecule has 3 N–H and O–H groups in total. The molecule has 0 radical (unpaired) electrons. The summed E-state index contributed by atoms with van der Waals surface area (Å²) in [6, 6.07) is 6.77. The Morgan fingerprint density at radius 3 is 2.29 bits per heavy atom. The van der Waals surface area contributed by atoms with Crippen LogP contribution in [0, 0.1) is 0 Å². The smallest absolute Gasteiger partial charge is 0.301 e. The van der Waals surface area contributed by atoms with Crippen LogP contribution in [0.4, 0.5) is 11.4 Å². The van der Waals surface area contributed by atoms with Gasteiger partial charge in [0.2, 0.25) is 0 Å². The molecule has 1 aromatic carbocycles. The molecule has 0 amide bonds. The molecule has 0 unspecified atom stereocenters. The lowest BCUT2D eigenvalue weighted by atomic mass is 10.3. The third-order valence-corrected chi connectivity index (χ3v) is 3.91. The average molecular weight is 257 g/mol. The highest BCUT2D eigenvalue weighted by molar-refractivity contribution is 7.90. The van der Waals surface area contributed by atoms with Gasteiger partial charge in [-0.25, -0.2) is 0 Å². The summed E-state index contributed by atoms with van der Waals surface area (Å²) in [5.74, 6) is 0. The Morgan fingerprint density at radius 2 is 1.82 bits per heavy atom. The minimum absolute atomic E-state index is 0.378. The Bertz CT molecular complexity index is 442. The highest BCUT2D eigenvalue weighted by atomic mass is 32.2. The molecule has 0 aliphatic rings.